The average Bonchev–Trinajstić information content (AvgIpc) is 1.86. The van der Waals surface area contributed by atoms with Crippen LogP contribution < -0.4 is 0 Å². The smallest absolute Gasteiger partial charge is 0.339 e. The molecule has 0 N–H and O–H groups in total. The Morgan fingerprint density at radius 2 is 2.00 bits per heavy atom. The summed E-state index contributed by atoms with van der Waals surface area (Å²) in [6, 6.07) is 0. The standard InChI is InChI=1S/C7H12Cl2O2/c1-5(2)3-4-11-7(10)6(8)9/h5-6H,3-4H2,1-2H3. The van der Waals surface area contributed by atoms with Crippen molar-refractivity contribution in [2.75, 3.05) is 6.61 Å². The van der Waals surface area contributed by atoms with Crippen LogP contribution in [0.1, 0.15) is 20.3 Å². The Bertz CT molecular complexity index is 124. The minimum Gasteiger partial charge on any atom is -0.464 e. The van der Waals surface area contributed by atoms with Gasteiger partial charge in [0.15, 0.2) is 0 Å². The lowest BCUT2D eigenvalue weighted by molar-refractivity contribution is -0.141. The molecule has 0 rings (SSSR count). The summed E-state index contributed by atoms with van der Waals surface area (Å²) in [4.78, 5) is 9.58. The molecule has 0 aliphatic heterocycles. The zero-order valence-corrected chi connectivity index (χ0v) is 8.15. The highest BCUT2D eigenvalue weighted by atomic mass is 35.5. The molecule has 0 radical (unpaired) electrons. The van der Waals surface area contributed by atoms with E-state index in [2.05, 4.69) is 0 Å². The van der Waals surface area contributed by atoms with Gasteiger partial charge in [0.05, 0.1) is 6.61 Å². The summed E-state index contributed by atoms with van der Waals surface area (Å²) >= 11 is 10.5. The summed E-state index contributed by atoms with van der Waals surface area (Å²) < 4.78 is 4.71. The zero-order chi connectivity index (χ0) is 8.85. The lowest BCUT2D eigenvalue weighted by Gasteiger charge is -2.06. The number of carbonyl (C=O) groups is 1. The first kappa shape index (κ1) is 11.1. The van der Waals surface area contributed by atoms with Crippen molar-refractivity contribution in [3.05, 3.63) is 0 Å². The molecule has 0 spiro atoms. The molecule has 0 amide bonds. The number of hydrogen-bond acceptors (Lipinski definition) is 2. The number of hydrogen-bond donors (Lipinski definition) is 0. The fourth-order valence-corrected chi connectivity index (χ4v) is 0.584. The molecule has 66 valence electrons. The van der Waals surface area contributed by atoms with Gasteiger partial charge in [-0.3, -0.25) is 0 Å². The summed E-state index contributed by atoms with van der Waals surface area (Å²) in [5.41, 5.74) is 0. The number of halogens is 2. The lowest BCUT2D eigenvalue weighted by Crippen LogP contribution is -2.13. The Balaban J connectivity index is 3.32. The molecule has 0 bridgehead atoms. The van der Waals surface area contributed by atoms with Crippen LogP contribution in [0.25, 0.3) is 0 Å². The molecule has 4 heteroatoms. The molecule has 0 aromatic heterocycles. The van der Waals surface area contributed by atoms with Crippen molar-refractivity contribution in [1.29, 1.82) is 0 Å². The van der Waals surface area contributed by atoms with Gasteiger partial charge in [0, 0.05) is 0 Å². The van der Waals surface area contributed by atoms with Crippen molar-refractivity contribution in [3.63, 3.8) is 0 Å². The predicted octanol–water partition coefficient (Wildman–Crippen LogP) is 2.38. The summed E-state index contributed by atoms with van der Waals surface area (Å²) in [6.07, 6.45) is 0.840. The van der Waals surface area contributed by atoms with E-state index < -0.39 is 10.8 Å². The number of rotatable bonds is 4. The van der Waals surface area contributed by atoms with Gasteiger partial charge in [-0.2, -0.15) is 0 Å². The van der Waals surface area contributed by atoms with Gasteiger partial charge in [0.1, 0.15) is 0 Å². The van der Waals surface area contributed by atoms with Crippen LogP contribution in [0, 0.1) is 5.92 Å². The first-order valence-electron chi connectivity index (χ1n) is 3.48. The zero-order valence-electron chi connectivity index (χ0n) is 6.64. The van der Waals surface area contributed by atoms with E-state index in [1.54, 1.807) is 0 Å². The average molecular weight is 199 g/mol. The van der Waals surface area contributed by atoms with E-state index in [0.29, 0.717) is 12.5 Å². The van der Waals surface area contributed by atoms with E-state index in [0.717, 1.165) is 6.42 Å². The van der Waals surface area contributed by atoms with Crippen LogP contribution in [-0.4, -0.2) is 17.4 Å². The number of esters is 1. The number of carbonyl (C=O) groups excluding carboxylic acids is 1. The fraction of sp³-hybridized carbons (Fsp3) is 0.857. The van der Waals surface area contributed by atoms with Crippen molar-refractivity contribution < 1.29 is 9.53 Å². The normalized spacial score (nSPS) is 10.7. The van der Waals surface area contributed by atoms with Crippen LogP contribution in [-0.2, 0) is 9.53 Å². The van der Waals surface area contributed by atoms with E-state index in [-0.39, 0.29) is 0 Å². The fourth-order valence-electron chi connectivity index (χ4n) is 0.458. The third kappa shape index (κ3) is 6.45. The molecule has 11 heavy (non-hydrogen) atoms. The Hall–Kier alpha value is 0.0500. The largest absolute Gasteiger partial charge is 0.464 e. The third-order valence-corrected chi connectivity index (χ3v) is 1.47. The van der Waals surface area contributed by atoms with Gasteiger partial charge in [0.25, 0.3) is 0 Å². The molecule has 0 aliphatic rings. The first-order chi connectivity index (χ1) is 5.04. The van der Waals surface area contributed by atoms with Gasteiger partial charge >= 0.3 is 5.97 Å². The summed E-state index contributed by atoms with van der Waals surface area (Å²) in [5.74, 6) is -0.0408. The van der Waals surface area contributed by atoms with Gasteiger partial charge in [-0.1, -0.05) is 37.0 Å². The molecule has 0 aliphatic carbocycles. The van der Waals surface area contributed by atoms with Gasteiger partial charge < -0.3 is 4.74 Å². The van der Waals surface area contributed by atoms with E-state index in [1.165, 1.54) is 0 Å². The van der Waals surface area contributed by atoms with E-state index in [4.69, 9.17) is 27.9 Å². The second-order valence-corrected chi connectivity index (χ2v) is 3.75. The van der Waals surface area contributed by atoms with Crippen LogP contribution in [0.2, 0.25) is 0 Å². The van der Waals surface area contributed by atoms with Crippen LogP contribution >= 0.6 is 23.2 Å². The van der Waals surface area contributed by atoms with E-state index in [9.17, 15) is 4.79 Å². The highest BCUT2D eigenvalue weighted by molar-refractivity contribution is 6.52. The third-order valence-electron chi connectivity index (χ3n) is 1.12. The highest BCUT2D eigenvalue weighted by Crippen LogP contribution is 2.05. The monoisotopic (exact) mass is 198 g/mol. The number of alkyl halides is 2. The van der Waals surface area contributed by atoms with Gasteiger partial charge in [-0.25, -0.2) is 4.79 Å². The van der Waals surface area contributed by atoms with Crippen molar-refractivity contribution in [2.24, 2.45) is 5.92 Å². The predicted molar refractivity (Wildman–Crippen MR) is 45.9 cm³/mol. The van der Waals surface area contributed by atoms with Crippen molar-refractivity contribution >= 4 is 29.2 Å². The molecule has 2 nitrogen and oxygen atoms in total. The summed E-state index contributed by atoms with van der Waals surface area (Å²) in [6.45, 7) is 4.49. The van der Waals surface area contributed by atoms with Crippen molar-refractivity contribution in [2.45, 2.75) is 25.1 Å². The molecule has 0 saturated carbocycles. The molecule has 0 saturated heterocycles. The Morgan fingerprint density at radius 3 is 2.36 bits per heavy atom. The molecule has 0 heterocycles. The van der Waals surface area contributed by atoms with Gasteiger partial charge in [-0.15, -0.1) is 0 Å². The second kappa shape index (κ2) is 5.67. The lowest BCUT2D eigenvalue weighted by atomic mass is 10.1. The highest BCUT2D eigenvalue weighted by Gasteiger charge is 2.12. The van der Waals surface area contributed by atoms with Gasteiger partial charge in [-0.05, 0) is 12.3 Å². The second-order valence-electron chi connectivity index (χ2n) is 2.65. The topological polar surface area (TPSA) is 26.3 Å². The van der Waals surface area contributed by atoms with Crippen LogP contribution in [0.3, 0.4) is 0 Å². The maximum Gasteiger partial charge on any atom is 0.339 e. The van der Waals surface area contributed by atoms with E-state index >= 15 is 0 Å². The summed E-state index contributed by atoms with van der Waals surface area (Å²) in [7, 11) is 0. The molecular formula is C7H12Cl2O2. The maximum atomic E-state index is 10.6. The minimum atomic E-state index is -1.05. The summed E-state index contributed by atoms with van der Waals surface area (Å²) in [5, 5.41) is 0. The Kier molecular flexibility index (Phi) is 5.69. The van der Waals surface area contributed by atoms with E-state index in [1.807, 2.05) is 13.8 Å². The molecule has 0 fully saturated rings. The Labute approximate surface area is 76.8 Å². The molecule has 0 atom stereocenters. The van der Waals surface area contributed by atoms with Crippen LogP contribution in [0.15, 0.2) is 0 Å². The molecule has 0 unspecified atom stereocenters. The number of ether oxygens (including phenoxy) is 1. The van der Waals surface area contributed by atoms with Crippen molar-refractivity contribution in [1.82, 2.24) is 0 Å². The molecular weight excluding hydrogens is 187 g/mol. The maximum absolute atomic E-state index is 10.6. The van der Waals surface area contributed by atoms with Crippen LogP contribution in [0.4, 0.5) is 0 Å². The van der Waals surface area contributed by atoms with Gasteiger partial charge in [0.2, 0.25) is 4.84 Å². The van der Waals surface area contributed by atoms with Crippen LogP contribution in [0.5, 0.6) is 0 Å². The first-order valence-corrected chi connectivity index (χ1v) is 4.36. The molecule has 0 aromatic carbocycles. The molecule has 0 aromatic rings. The van der Waals surface area contributed by atoms with Crippen molar-refractivity contribution in [3.8, 4) is 0 Å². The Morgan fingerprint density at radius 1 is 1.45 bits per heavy atom. The minimum absolute atomic E-state index is 0.395. The SMILES string of the molecule is CC(C)CCOC(=O)C(Cl)Cl. The quantitative estimate of drug-likeness (QED) is 0.513.